The first-order chi connectivity index (χ1) is 9.70. The van der Waals surface area contributed by atoms with E-state index in [1.807, 2.05) is 0 Å². The first-order valence-electron chi connectivity index (χ1n) is 6.71. The van der Waals surface area contributed by atoms with Crippen LogP contribution in [0.4, 0.5) is 0 Å². The lowest BCUT2D eigenvalue weighted by Crippen LogP contribution is -2.15. The average molecular weight is 274 g/mol. The maximum Gasteiger partial charge on any atom is 0.338 e. The smallest absolute Gasteiger partial charge is 0.338 e. The molecule has 0 bridgehead atoms. The molecule has 0 saturated carbocycles. The van der Waals surface area contributed by atoms with E-state index in [4.69, 9.17) is 4.74 Å². The number of allylic oxidation sites excluding steroid dienone is 2. The lowest BCUT2D eigenvalue weighted by Gasteiger charge is -2.17. The largest absolute Gasteiger partial charge is 0.465 e. The molecule has 1 atom stereocenters. The van der Waals surface area contributed by atoms with E-state index in [0.29, 0.717) is 23.7 Å². The van der Waals surface area contributed by atoms with Crippen molar-refractivity contribution in [3.8, 4) is 0 Å². The van der Waals surface area contributed by atoms with Crippen LogP contribution in [0.25, 0.3) is 0 Å². The molecular formula is C16H18O4. The van der Waals surface area contributed by atoms with E-state index in [0.717, 1.165) is 19.3 Å². The minimum atomic E-state index is -0.461. The first kappa shape index (κ1) is 14.3. The Morgan fingerprint density at radius 3 is 2.60 bits per heavy atom. The highest BCUT2D eigenvalue weighted by atomic mass is 16.5. The Morgan fingerprint density at radius 2 is 1.95 bits per heavy atom. The lowest BCUT2D eigenvalue weighted by molar-refractivity contribution is 0.0432. The quantitative estimate of drug-likeness (QED) is 0.625. The van der Waals surface area contributed by atoms with Crippen molar-refractivity contribution in [1.82, 2.24) is 0 Å². The number of esters is 2. The molecule has 4 nitrogen and oxygen atoms in total. The van der Waals surface area contributed by atoms with Crippen LogP contribution in [-0.2, 0) is 9.47 Å². The molecule has 0 heterocycles. The Labute approximate surface area is 118 Å². The van der Waals surface area contributed by atoms with Gasteiger partial charge in [-0.3, -0.25) is 0 Å². The number of hydrogen-bond acceptors (Lipinski definition) is 4. The number of hydrogen-bond donors (Lipinski definition) is 0. The highest BCUT2D eigenvalue weighted by Crippen LogP contribution is 2.19. The second-order valence-electron chi connectivity index (χ2n) is 4.82. The van der Waals surface area contributed by atoms with Crippen molar-refractivity contribution in [2.75, 3.05) is 13.7 Å². The topological polar surface area (TPSA) is 52.6 Å². The third-order valence-corrected chi connectivity index (χ3v) is 3.35. The molecule has 1 aromatic carbocycles. The van der Waals surface area contributed by atoms with Gasteiger partial charge in [0.15, 0.2) is 0 Å². The summed E-state index contributed by atoms with van der Waals surface area (Å²) in [6.07, 6.45) is 7.32. The van der Waals surface area contributed by atoms with Gasteiger partial charge in [0.2, 0.25) is 0 Å². The van der Waals surface area contributed by atoms with Gasteiger partial charge in [0, 0.05) is 0 Å². The molecule has 106 valence electrons. The van der Waals surface area contributed by atoms with Gasteiger partial charge >= 0.3 is 11.9 Å². The summed E-state index contributed by atoms with van der Waals surface area (Å²) in [7, 11) is 1.31. The molecule has 0 spiro atoms. The molecule has 1 aliphatic carbocycles. The van der Waals surface area contributed by atoms with Gasteiger partial charge in [-0.05, 0) is 43.4 Å². The molecule has 1 aliphatic rings. The zero-order chi connectivity index (χ0) is 14.4. The van der Waals surface area contributed by atoms with Gasteiger partial charge in [0.25, 0.3) is 0 Å². The minimum Gasteiger partial charge on any atom is -0.465 e. The lowest BCUT2D eigenvalue weighted by atomic mass is 9.95. The molecule has 20 heavy (non-hydrogen) atoms. The second kappa shape index (κ2) is 6.89. The Kier molecular flexibility index (Phi) is 4.93. The van der Waals surface area contributed by atoms with Gasteiger partial charge in [-0.2, -0.15) is 0 Å². The SMILES string of the molecule is COC(=O)c1cccc(C(=O)OCC2CC=CCC2)c1. The summed E-state index contributed by atoms with van der Waals surface area (Å²) in [5.74, 6) is -0.463. The van der Waals surface area contributed by atoms with E-state index in [9.17, 15) is 9.59 Å². The number of methoxy groups -OCH3 is 1. The molecule has 0 aromatic heterocycles. The van der Waals surface area contributed by atoms with Gasteiger partial charge in [0.1, 0.15) is 0 Å². The van der Waals surface area contributed by atoms with Crippen molar-refractivity contribution < 1.29 is 19.1 Å². The van der Waals surface area contributed by atoms with Gasteiger partial charge in [0.05, 0.1) is 24.8 Å². The minimum absolute atomic E-state index is 0.350. The Balaban J connectivity index is 1.95. The van der Waals surface area contributed by atoms with E-state index in [2.05, 4.69) is 16.9 Å². The fourth-order valence-electron chi connectivity index (χ4n) is 2.18. The van der Waals surface area contributed by atoms with E-state index < -0.39 is 11.9 Å². The molecule has 0 aliphatic heterocycles. The van der Waals surface area contributed by atoms with Gasteiger partial charge in [-0.1, -0.05) is 18.2 Å². The molecular weight excluding hydrogens is 256 g/mol. The summed E-state index contributed by atoms with van der Waals surface area (Å²) in [5.41, 5.74) is 0.724. The van der Waals surface area contributed by atoms with Crippen molar-refractivity contribution in [2.24, 2.45) is 5.92 Å². The summed E-state index contributed by atoms with van der Waals surface area (Å²) in [4.78, 5) is 23.4. The highest BCUT2D eigenvalue weighted by molar-refractivity contribution is 5.95. The van der Waals surface area contributed by atoms with Gasteiger partial charge in [-0.25, -0.2) is 9.59 Å². The van der Waals surface area contributed by atoms with Crippen molar-refractivity contribution in [2.45, 2.75) is 19.3 Å². The summed E-state index contributed by atoms with van der Waals surface area (Å²) < 4.78 is 9.94. The van der Waals surface area contributed by atoms with Crippen LogP contribution < -0.4 is 0 Å². The molecule has 1 unspecified atom stereocenters. The monoisotopic (exact) mass is 274 g/mol. The number of rotatable bonds is 4. The molecule has 0 fully saturated rings. The van der Waals surface area contributed by atoms with Crippen molar-refractivity contribution in [1.29, 1.82) is 0 Å². The zero-order valence-electron chi connectivity index (χ0n) is 11.5. The predicted octanol–water partition coefficient (Wildman–Crippen LogP) is 2.99. The second-order valence-corrected chi connectivity index (χ2v) is 4.82. The molecule has 4 heteroatoms. The van der Waals surface area contributed by atoms with E-state index >= 15 is 0 Å². The normalized spacial score (nSPS) is 17.6. The highest BCUT2D eigenvalue weighted by Gasteiger charge is 2.15. The summed E-state index contributed by atoms with van der Waals surface area (Å²) >= 11 is 0. The summed E-state index contributed by atoms with van der Waals surface area (Å²) in [6.45, 7) is 0.422. The molecule has 2 rings (SSSR count). The molecule has 0 saturated heterocycles. The maximum atomic E-state index is 12.0. The maximum absolute atomic E-state index is 12.0. The number of benzene rings is 1. The summed E-state index contributed by atoms with van der Waals surface area (Å²) in [6, 6.07) is 6.38. The Morgan fingerprint density at radius 1 is 1.20 bits per heavy atom. The van der Waals surface area contributed by atoms with Crippen LogP contribution in [-0.4, -0.2) is 25.7 Å². The van der Waals surface area contributed by atoms with Crippen LogP contribution >= 0.6 is 0 Å². The predicted molar refractivity (Wildman–Crippen MR) is 74.5 cm³/mol. The van der Waals surface area contributed by atoms with Crippen molar-refractivity contribution in [3.05, 3.63) is 47.5 Å². The summed E-state index contributed by atoms with van der Waals surface area (Å²) in [5, 5.41) is 0. The van der Waals surface area contributed by atoms with Crippen molar-refractivity contribution in [3.63, 3.8) is 0 Å². The third-order valence-electron chi connectivity index (χ3n) is 3.35. The van der Waals surface area contributed by atoms with Crippen LogP contribution in [0.1, 0.15) is 40.0 Å². The standard InChI is InChI=1S/C16H18O4/c1-19-15(17)13-8-5-9-14(10-13)16(18)20-11-12-6-3-2-4-7-12/h2-3,5,8-10,12H,4,6-7,11H2,1H3. The number of ether oxygens (including phenoxy) is 2. The fourth-order valence-corrected chi connectivity index (χ4v) is 2.18. The molecule has 0 radical (unpaired) electrons. The van der Waals surface area contributed by atoms with Crippen LogP contribution in [0.5, 0.6) is 0 Å². The van der Waals surface area contributed by atoms with E-state index in [1.54, 1.807) is 18.2 Å². The third kappa shape index (κ3) is 3.70. The van der Waals surface area contributed by atoms with Crippen LogP contribution in [0.15, 0.2) is 36.4 Å². The fraction of sp³-hybridized carbons (Fsp3) is 0.375. The van der Waals surface area contributed by atoms with E-state index in [-0.39, 0.29) is 0 Å². The zero-order valence-corrected chi connectivity index (χ0v) is 11.5. The molecule has 0 N–H and O–H groups in total. The number of carbonyl (C=O) groups excluding carboxylic acids is 2. The van der Waals surface area contributed by atoms with Crippen LogP contribution in [0.2, 0.25) is 0 Å². The van der Waals surface area contributed by atoms with Gasteiger partial charge < -0.3 is 9.47 Å². The average Bonchev–Trinajstić information content (AvgIpc) is 2.53. The van der Waals surface area contributed by atoms with E-state index in [1.165, 1.54) is 13.2 Å². The molecule has 0 amide bonds. The Bertz CT molecular complexity index is 519. The Hall–Kier alpha value is -2.10. The van der Waals surface area contributed by atoms with Crippen molar-refractivity contribution >= 4 is 11.9 Å². The van der Waals surface area contributed by atoms with Crippen LogP contribution in [0.3, 0.4) is 0 Å². The van der Waals surface area contributed by atoms with Crippen LogP contribution in [0, 0.1) is 5.92 Å². The molecule has 1 aromatic rings. The number of carbonyl (C=O) groups is 2. The first-order valence-corrected chi connectivity index (χ1v) is 6.71. The van der Waals surface area contributed by atoms with Gasteiger partial charge in [-0.15, -0.1) is 0 Å².